The second-order valence-corrected chi connectivity index (χ2v) is 17.6. The molecule has 0 N–H and O–H groups in total. The molecule has 0 unspecified atom stereocenters. The van der Waals surface area contributed by atoms with E-state index in [1.807, 2.05) is 12.1 Å². The van der Waals surface area contributed by atoms with Gasteiger partial charge in [-0.25, -0.2) is 4.98 Å². The number of furan rings is 2. The predicted octanol–water partition coefficient (Wildman–Crippen LogP) is 16.5. The van der Waals surface area contributed by atoms with E-state index in [0.29, 0.717) is 0 Å². The van der Waals surface area contributed by atoms with Crippen LogP contribution < -0.4 is 0 Å². The van der Waals surface area contributed by atoms with E-state index in [-0.39, 0.29) is 0 Å². The molecule has 65 heavy (non-hydrogen) atoms. The Hall–Kier alpha value is -8.53. The summed E-state index contributed by atoms with van der Waals surface area (Å²) in [5.41, 5.74) is 20.4. The maximum Gasteiger partial charge on any atom is 0.143 e. The Labute approximate surface area is 373 Å². The molecule has 3 heterocycles. The summed E-state index contributed by atoms with van der Waals surface area (Å²) < 4.78 is 13.5. The molecule has 3 aromatic heterocycles. The van der Waals surface area contributed by atoms with Crippen molar-refractivity contribution in [3.8, 4) is 55.8 Å². The molecule has 2 aliphatic rings. The van der Waals surface area contributed by atoms with Gasteiger partial charge in [0.15, 0.2) is 0 Å². The molecule has 0 radical (unpaired) electrons. The molecular weight excluding hydrogens is 791 g/mol. The van der Waals surface area contributed by atoms with Crippen LogP contribution in [-0.4, -0.2) is 4.98 Å². The Kier molecular flexibility index (Phi) is 6.88. The van der Waals surface area contributed by atoms with Crippen LogP contribution in [0.3, 0.4) is 0 Å². The first kappa shape index (κ1) is 35.0. The quantitative estimate of drug-likeness (QED) is 0.167. The van der Waals surface area contributed by atoms with E-state index in [9.17, 15) is 0 Å². The predicted molar refractivity (Wildman–Crippen MR) is 266 cm³/mol. The van der Waals surface area contributed by atoms with E-state index in [2.05, 4.69) is 200 Å². The highest BCUT2D eigenvalue weighted by Crippen LogP contribution is 2.64. The van der Waals surface area contributed by atoms with Gasteiger partial charge in [-0.2, -0.15) is 0 Å². The normalized spacial score (nSPS) is 13.4. The zero-order valence-electron chi connectivity index (χ0n) is 35.0. The number of rotatable bonds is 3. The van der Waals surface area contributed by atoms with E-state index in [0.717, 1.165) is 93.7 Å². The van der Waals surface area contributed by atoms with Gasteiger partial charge < -0.3 is 8.83 Å². The Bertz CT molecular complexity index is 4030. The summed E-state index contributed by atoms with van der Waals surface area (Å²) in [5.74, 6) is 0. The fourth-order valence-electron chi connectivity index (χ4n) is 11.9. The van der Waals surface area contributed by atoms with Crippen LogP contribution in [0.5, 0.6) is 0 Å². The summed E-state index contributed by atoms with van der Waals surface area (Å²) in [6.45, 7) is 0. The zero-order chi connectivity index (χ0) is 42.4. The number of pyridine rings is 1. The van der Waals surface area contributed by atoms with Crippen LogP contribution in [-0.2, 0) is 5.41 Å². The molecule has 13 aromatic rings. The van der Waals surface area contributed by atoms with Crippen molar-refractivity contribution < 1.29 is 8.83 Å². The maximum atomic E-state index is 6.74. The van der Waals surface area contributed by atoms with Crippen molar-refractivity contribution in [1.29, 1.82) is 0 Å². The minimum atomic E-state index is -0.489. The average molecular weight is 826 g/mol. The van der Waals surface area contributed by atoms with Crippen molar-refractivity contribution in [2.45, 2.75) is 5.41 Å². The smallest absolute Gasteiger partial charge is 0.143 e. The second-order valence-electron chi connectivity index (χ2n) is 17.6. The van der Waals surface area contributed by atoms with Gasteiger partial charge in [0.2, 0.25) is 0 Å². The van der Waals surface area contributed by atoms with Crippen molar-refractivity contribution in [2.24, 2.45) is 0 Å². The van der Waals surface area contributed by atoms with E-state index >= 15 is 0 Å². The first-order valence-electron chi connectivity index (χ1n) is 22.4. The summed E-state index contributed by atoms with van der Waals surface area (Å²) in [5, 5.41) is 7.86. The molecule has 1 spiro atoms. The van der Waals surface area contributed by atoms with Crippen LogP contribution in [0.2, 0.25) is 0 Å². The van der Waals surface area contributed by atoms with Crippen LogP contribution in [0.15, 0.2) is 221 Å². The Morgan fingerprint density at radius 1 is 0.323 bits per heavy atom. The minimum absolute atomic E-state index is 0.489. The minimum Gasteiger partial charge on any atom is -0.455 e. The third-order valence-electron chi connectivity index (χ3n) is 14.5. The summed E-state index contributed by atoms with van der Waals surface area (Å²) >= 11 is 0. The lowest BCUT2D eigenvalue weighted by atomic mass is 9.70. The molecule has 10 aromatic carbocycles. The van der Waals surface area contributed by atoms with Crippen LogP contribution in [0, 0.1) is 0 Å². The molecule has 15 rings (SSSR count). The molecule has 0 bridgehead atoms. The molecule has 0 saturated heterocycles. The Balaban J connectivity index is 1.09. The fraction of sp³-hybridized carbons (Fsp3) is 0.0161. The topological polar surface area (TPSA) is 39.2 Å². The van der Waals surface area contributed by atoms with Gasteiger partial charge in [0.1, 0.15) is 22.3 Å². The Morgan fingerprint density at radius 3 is 1.40 bits per heavy atom. The standard InChI is InChI=1S/C62H35NO2/c1-7-25-50-41(15-1)42-16-2-8-26-51(42)62(50)52-27-9-3-20-49(52)57-53(62)32-31-46-43-17-4-10-28-54(43)63-59(58(46)57)38-34-36(39-21-13-23-47-44-18-5-11-29-55(44)64-60(39)47)33-37(35-38)40-22-14-24-48-45-19-6-12-30-56(45)65-61(40)48/h1-35H. The van der Waals surface area contributed by atoms with Gasteiger partial charge in [-0.15, -0.1) is 0 Å². The first-order valence-corrected chi connectivity index (χ1v) is 22.4. The number of hydrogen-bond acceptors (Lipinski definition) is 3. The molecule has 0 fully saturated rings. The lowest BCUT2D eigenvalue weighted by molar-refractivity contribution is 0.670. The van der Waals surface area contributed by atoms with Gasteiger partial charge in [-0.1, -0.05) is 176 Å². The van der Waals surface area contributed by atoms with Crippen molar-refractivity contribution >= 4 is 65.6 Å². The molecule has 300 valence electrons. The molecular formula is C62H35NO2. The molecule has 3 heteroatoms. The number of nitrogens with zero attached hydrogens (tertiary/aromatic N) is 1. The fourth-order valence-corrected chi connectivity index (χ4v) is 11.9. The van der Waals surface area contributed by atoms with Crippen molar-refractivity contribution in [2.75, 3.05) is 0 Å². The Morgan fingerprint density at radius 2 is 0.785 bits per heavy atom. The molecule has 0 atom stereocenters. The van der Waals surface area contributed by atoms with Crippen LogP contribution in [0.1, 0.15) is 22.3 Å². The van der Waals surface area contributed by atoms with Gasteiger partial charge in [0.05, 0.1) is 16.6 Å². The average Bonchev–Trinajstić information content (AvgIpc) is 4.11. The number of fused-ring (bicyclic) bond motifs is 20. The lowest BCUT2D eigenvalue weighted by Crippen LogP contribution is -2.25. The highest BCUT2D eigenvalue weighted by molar-refractivity contribution is 6.20. The second kappa shape index (κ2) is 12.8. The number of hydrogen-bond donors (Lipinski definition) is 0. The van der Waals surface area contributed by atoms with Crippen LogP contribution in [0.4, 0.5) is 0 Å². The maximum absolute atomic E-state index is 6.74. The van der Waals surface area contributed by atoms with E-state index in [1.165, 1.54) is 49.9 Å². The van der Waals surface area contributed by atoms with Crippen molar-refractivity contribution in [3.63, 3.8) is 0 Å². The van der Waals surface area contributed by atoms with Crippen LogP contribution >= 0.6 is 0 Å². The molecule has 3 nitrogen and oxygen atoms in total. The third kappa shape index (κ3) is 4.56. The highest BCUT2D eigenvalue weighted by Gasteiger charge is 2.52. The van der Waals surface area contributed by atoms with Crippen molar-refractivity contribution in [1.82, 2.24) is 4.98 Å². The summed E-state index contributed by atoms with van der Waals surface area (Å²) in [4.78, 5) is 5.74. The number of para-hydroxylation sites is 5. The lowest BCUT2D eigenvalue weighted by Gasteiger charge is -2.30. The van der Waals surface area contributed by atoms with Crippen LogP contribution in [0.25, 0.3) is 121 Å². The first-order chi connectivity index (χ1) is 32.2. The monoisotopic (exact) mass is 825 g/mol. The zero-order valence-corrected chi connectivity index (χ0v) is 35.0. The van der Waals surface area contributed by atoms with Gasteiger partial charge in [0, 0.05) is 49.0 Å². The third-order valence-corrected chi connectivity index (χ3v) is 14.5. The van der Waals surface area contributed by atoms with Crippen molar-refractivity contribution in [3.05, 3.63) is 235 Å². The van der Waals surface area contributed by atoms with E-state index < -0.39 is 5.41 Å². The highest BCUT2D eigenvalue weighted by atomic mass is 16.3. The molecule has 0 amide bonds. The molecule has 2 aliphatic carbocycles. The largest absolute Gasteiger partial charge is 0.455 e. The van der Waals surface area contributed by atoms with Gasteiger partial charge in [-0.3, -0.25) is 0 Å². The number of aromatic nitrogens is 1. The van der Waals surface area contributed by atoms with E-state index in [1.54, 1.807) is 0 Å². The van der Waals surface area contributed by atoms with Gasteiger partial charge in [-0.05, 0) is 97.4 Å². The van der Waals surface area contributed by atoms with E-state index in [4.69, 9.17) is 13.8 Å². The summed E-state index contributed by atoms with van der Waals surface area (Å²) in [6, 6.07) is 77.1. The summed E-state index contributed by atoms with van der Waals surface area (Å²) in [6.07, 6.45) is 0. The van der Waals surface area contributed by atoms with Gasteiger partial charge >= 0.3 is 0 Å². The summed E-state index contributed by atoms with van der Waals surface area (Å²) in [7, 11) is 0. The molecule has 0 saturated carbocycles. The molecule has 0 aliphatic heterocycles. The SMILES string of the molecule is c1ccc2c(c1)-c1ccccc1C21c2ccccc2-c2c1ccc1c2c(-c2cc(-c3cccc4c3oc3ccccc34)cc(-c3cccc4c3oc3ccccc34)c2)nc2ccccc21. The number of benzene rings is 10. The van der Waals surface area contributed by atoms with Gasteiger partial charge in [0.25, 0.3) is 0 Å².